The van der Waals surface area contributed by atoms with Gasteiger partial charge in [0.1, 0.15) is 5.54 Å². The van der Waals surface area contributed by atoms with E-state index in [1.54, 1.807) is 0 Å². The fourth-order valence-corrected chi connectivity index (χ4v) is 4.45. The lowest BCUT2D eigenvalue weighted by atomic mass is 9.76. The predicted octanol–water partition coefficient (Wildman–Crippen LogP) is 1.77. The maximum atomic E-state index is 12.9. The van der Waals surface area contributed by atoms with Gasteiger partial charge in [0.05, 0.1) is 0 Å². The van der Waals surface area contributed by atoms with Gasteiger partial charge in [0.15, 0.2) is 0 Å². The molecular formula is C19H23N3O3. The SMILES string of the molecule is O=C1NC(=O)C2(CCC(C(=O)N3CCC(c4ccccc4)C3)CC2)N1. The summed E-state index contributed by atoms with van der Waals surface area (Å²) < 4.78 is 0. The molecule has 1 atom stereocenters. The summed E-state index contributed by atoms with van der Waals surface area (Å²) >= 11 is 0. The molecule has 6 heteroatoms. The second-order valence-electron chi connectivity index (χ2n) is 7.45. The van der Waals surface area contributed by atoms with Crippen LogP contribution in [0.4, 0.5) is 4.79 Å². The zero-order valence-corrected chi connectivity index (χ0v) is 14.2. The molecule has 2 N–H and O–H groups in total. The van der Waals surface area contributed by atoms with Gasteiger partial charge >= 0.3 is 6.03 Å². The molecule has 0 bridgehead atoms. The number of carbonyl (C=O) groups is 3. The van der Waals surface area contributed by atoms with Gasteiger partial charge in [0.25, 0.3) is 5.91 Å². The van der Waals surface area contributed by atoms with Gasteiger partial charge < -0.3 is 10.2 Å². The second-order valence-corrected chi connectivity index (χ2v) is 7.45. The fraction of sp³-hybridized carbons (Fsp3) is 0.526. The number of nitrogens with zero attached hydrogens (tertiary/aromatic N) is 1. The van der Waals surface area contributed by atoms with E-state index < -0.39 is 11.6 Å². The molecule has 2 saturated heterocycles. The summed E-state index contributed by atoms with van der Waals surface area (Å²) in [5, 5.41) is 5.07. The summed E-state index contributed by atoms with van der Waals surface area (Å²) in [5.41, 5.74) is 0.511. The van der Waals surface area contributed by atoms with Gasteiger partial charge in [0.2, 0.25) is 5.91 Å². The third-order valence-electron chi connectivity index (χ3n) is 5.97. The van der Waals surface area contributed by atoms with Crippen molar-refractivity contribution in [1.29, 1.82) is 0 Å². The number of imide groups is 1. The molecule has 1 unspecified atom stereocenters. The number of carbonyl (C=O) groups excluding carboxylic acids is 3. The summed E-state index contributed by atoms with van der Waals surface area (Å²) in [6.07, 6.45) is 3.39. The molecule has 1 spiro atoms. The molecule has 1 aromatic carbocycles. The van der Waals surface area contributed by atoms with Crippen LogP contribution in [0.15, 0.2) is 30.3 Å². The van der Waals surface area contributed by atoms with Gasteiger partial charge in [-0.3, -0.25) is 14.9 Å². The van der Waals surface area contributed by atoms with Crippen molar-refractivity contribution in [2.24, 2.45) is 5.92 Å². The summed E-state index contributed by atoms with van der Waals surface area (Å²) in [6, 6.07) is 9.94. The third kappa shape index (κ3) is 2.90. The quantitative estimate of drug-likeness (QED) is 0.805. The summed E-state index contributed by atoms with van der Waals surface area (Å²) in [6.45, 7) is 1.58. The Morgan fingerprint density at radius 3 is 2.44 bits per heavy atom. The molecule has 25 heavy (non-hydrogen) atoms. The van der Waals surface area contributed by atoms with Crippen molar-refractivity contribution in [3.8, 4) is 0 Å². The van der Waals surface area contributed by atoms with Crippen molar-refractivity contribution in [1.82, 2.24) is 15.5 Å². The van der Waals surface area contributed by atoms with Crippen LogP contribution in [0, 0.1) is 5.92 Å². The molecule has 0 aromatic heterocycles. The lowest BCUT2D eigenvalue weighted by Crippen LogP contribution is -2.51. The normalized spacial score (nSPS) is 31.9. The standard InChI is InChI=1S/C19H23N3O3/c23-16(22-11-8-15(12-22)13-4-2-1-3-5-13)14-6-9-19(10-7-14)17(24)20-18(25)21-19/h1-5,14-15H,6-12H2,(H2,20,21,24,25). The number of nitrogens with one attached hydrogen (secondary N) is 2. The molecule has 6 nitrogen and oxygen atoms in total. The summed E-state index contributed by atoms with van der Waals surface area (Å²) in [7, 11) is 0. The molecule has 2 aliphatic heterocycles. The van der Waals surface area contributed by atoms with E-state index in [0.717, 1.165) is 19.5 Å². The van der Waals surface area contributed by atoms with Crippen LogP contribution < -0.4 is 10.6 Å². The average Bonchev–Trinajstić information content (AvgIpc) is 3.21. The van der Waals surface area contributed by atoms with E-state index in [1.807, 2.05) is 23.1 Å². The van der Waals surface area contributed by atoms with Gasteiger partial charge in [-0.25, -0.2) is 4.79 Å². The Morgan fingerprint density at radius 2 is 1.80 bits per heavy atom. The van der Waals surface area contributed by atoms with E-state index in [1.165, 1.54) is 5.56 Å². The van der Waals surface area contributed by atoms with Crippen molar-refractivity contribution in [2.45, 2.75) is 43.6 Å². The van der Waals surface area contributed by atoms with Crippen molar-refractivity contribution in [3.63, 3.8) is 0 Å². The predicted molar refractivity (Wildman–Crippen MR) is 91.7 cm³/mol. The van der Waals surface area contributed by atoms with Crippen LogP contribution in [-0.2, 0) is 9.59 Å². The topological polar surface area (TPSA) is 78.5 Å². The minimum atomic E-state index is -0.786. The largest absolute Gasteiger partial charge is 0.342 e. The van der Waals surface area contributed by atoms with Crippen LogP contribution in [-0.4, -0.2) is 41.4 Å². The minimum Gasteiger partial charge on any atom is -0.342 e. The van der Waals surface area contributed by atoms with Gasteiger partial charge in [0, 0.05) is 24.9 Å². The Hall–Kier alpha value is -2.37. The highest BCUT2D eigenvalue weighted by atomic mass is 16.2. The molecule has 3 aliphatic rings. The molecule has 3 fully saturated rings. The molecule has 0 radical (unpaired) electrons. The second kappa shape index (κ2) is 6.17. The first kappa shape index (κ1) is 16.1. The van der Waals surface area contributed by atoms with Gasteiger partial charge in [-0.15, -0.1) is 0 Å². The van der Waals surface area contributed by atoms with Crippen molar-refractivity contribution in [3.05, 3.63) is 35.9 Å². The van der Waals surface area contributed by atoms with Crippen LogP contribution in [0.3, 0.4) is 0 Å². The van der Waals surface area contributed by atoms with Gasteiger partial charge in [-0.2, -0.15) is 0 Å². The Morgan fingerprint density at radius 1 is 1.08 bits per heavy atom. The third-order valence-corrected chi connectivity index (χ3v) is 5.97. The maximum absolute atomic E-state index is 12.9. The van der Waals surface area contributed by atoms with E-state index in [4.69, 9.17) is 0 Å². The number of rotatable bonds is 2. The zero-order chi connectivity index (χ0) is 17.4. The molecule has 2 heterocycles. The molecule has 1 saturated carbocycles. The molecule has 1 aliphatic carbocycles. The molecule has 4 amide bonds. The first-order chi connectivity index (χ1) is 12.1. The smallest absolute Gasteiger partial charge is 0.322 e. The van der Waals surface area contributed by atoms with E-state index in [-0.39, 0.29) is 17.7 Å². The number of urea groups is 1. The monoisotopic (exact) mass is 341 g/mol. The molecule has 132 valence electrons. The molecular weight excluding hydrogens is 318 g/mol. The summed E-state index contributed by atoms with van der Waals surface area (Å²) in [4.78, 5) is 38.3. The Kier molecular flexibility index (Phi) is 3.98. The van der Waals surface area contributed by atoms with Crippen molar-refractivity contribution < 1.29 is 14.4 Å². The Bertz CT molecular complexity index is 695. The Balaban J connectivity index is 1.35. The van der Waals surface area contributed by atoms with Crippen LogP contribution in [0.1, 0.15) is 43.6 Å². The van der Waals surface area contributed by atoms with Gasteiger partial charge in [-0.05, 0) is 37.7 Å². The highest BCUT2D eigenvalue weighted by Crippen LogP contribution is 2.36. The van der Waals surface area contributed by atoms with Crippen LogP contribution >= 0.6 is 0 Å². The van der Waals surface area contributed by atoms with E-state index >= 15 is 0 Å². The number of amides is 4. The maximum Gasteiger partial charge on any atom is 0.322 e. The van der Waals surface area contributed by atoms with Crippen molar-refractivity contribution in [2.75, 3.05) is 13.1 Å². The van der Waals surface area contributed by atoms with Crippen molar-refractivity contribution >= 4 is 17.8 Å². The van der Waals surface area contributed by atoms with Crippen LogP contribution in [0.5, 0.6) is 0 Å². The number of hydrogen-bond acceptors (Lipinski definition) is 3. The van der Waals surface area contributed by atoms with Crippen LogP contribution in [0.2, 0.25) is 0 Å². The molecule has 1 aromatic rings. The lowest BCUT2D eigenvalue weighted by molar-refractivity contribution is -0.137. The van der Waals surface area contributed by atoms with E-state index in [2.05, 4.69) is 22.8 Å². The molecule has 4 rings (SSSR count). The number of hydrogen-bond donors (Lipinski definition) is 2. The minimum absolute atomic E-state index is 0.0366. The van der Waals surface area contributed by atoms with E-state index in [9.17, 15) is 14.4 Å². The number of likely N-dealkylation sites (tertiary alicyclic amines) is 1. The van der Waals surface area contributed by atoms with Gasteiger partial charge in [-0.1, -0.05) is 30.3 Å². The lowest BCUT2D eigenvalue weighted by Gasteiger charge is -2.35. The average molecular weight is 341 g/mol. The van der Waals surface area contributed by atoms with E-state index in [0.29, 0.717) is 31.6 Å². The first-order valence-electron chi connectivity index (χ1n) is 9.05. The highest BCUT2D eigenvalue weighted by molar-refractivity contribution is 6.07. The Labute approximate surface area is 147 Å². The highest BCUT2D eigenvalue weighted by Gasteiger charge is 2.49. The fourth-order valence-electron chi connectivity index (χ4n) is 4.45. The zero-order valence-electron chi connectivity index (χ0n) is 14.2. The summed E-state index contributed by atoms with van der Waals surface area (Å²) in [5.74, 6) is 0.345. The first-order valence-corrected chi connectivity index (χ1v) is 9.05. The number of benzene rings is 1. The van der Waals surface area contributed by atoms with Crippen LogP contribution in [0.25, 0.3) is 0 Å².